The highest BCUT2D eigenvalue weighted by atomic mass is 32.1. The number of hydrogen-bond acceptors (Lipinski definition) is 2. The van der Waals surface area contributed by atoms with Crippen LogP contribution < -0.4 is 0 Å². The molecule has 0 unspecified atom stereocenters. The second-order valence-electron chi connectivity index (χ2n) is 4.31. The van der Waals surface area contributed by atoms with Gasteiger partial charge in [0.2, 0.25) is 0 Å². The molecule has 0 aromatic carbocycles. The van der Waals surface area contributed by atoms with E-state index in [4.69, 9.17) is 0 Å². The molecule has 1 heterocycles. The molecule has 0 radical (unpaired) electrons. The van der Waals surface area contributed by atoms with Crippen LogP contribution in [0.25, 0.3) is 0 Å². The maximum atomic E-state index is 4.35. The van der Waals surface area contributed by atoms with Gasteiger partial charge in [0, 0.05) is 6.54 Å². The van der Waals surface area contributed by atoms with Crippen LogP contribution in [0.5, 0.6) is 0 Å². The number of nitrogens with zero attached hydrogens (tertiary/aromatic N) is 1. The van der Waals surface area contributed by atoms with Gasteiger partial charge in [0.15, 0.2) is 0 Å². The summed E-state index contributed by atoms with van der Waals surface area (Å²) in [5.74, 6) is 0.990. The summed E-state index contributed by atoms with van der Waals surface area (Å²) in [6, 6.07) is 0. The first-order chi connectivity index (χ1) is 5.14. The number of thiol groups is 1. The highest BCUT2D eigenvalue weighted by Crippen LogP contribution is 2.20. The van der Waals surface area contributed by atoms with Gasteiger partial charge in [-0.1, -0.05) is 13.8 Å². The Balaban J connectivity index is 2.28. The minimum absolute atomic E-state index is 0.396. The first kappa shape index (κ1) is 9.40. The van der Waals surface area contributed by atoms with Crippen molar-refractivity contribution in [1.29, 1.82) is 0 Å². The van der Waals surface area contributed by atoms with Crippen molar-refractivity contribution in [2.24, 2.45) is 5.41 Å². The predicted octanol–water partition coefficient (Wildman–Crippen LogP) is 2.04. The zero-order valence-electron chi connectivity index (χ0n) is 7.64. The van der Waals surface area contributed by atoms with E-state index in [-0.39, 0.29) is 0 Å². The maximum absolute atomic E-state index is 4.35. The third kappa shape index (κ3) is 3.04. The Morgan fingerprint density at radius 3 is 2.27 bits per heavy atom. The molecule has 1 aliphatic rings. The van der Waals surface area contributed by atoms with Crippen molar-refractivity contribution in [1.82, 2.24) is 4.90 Å². The van der Waals surface area contributed by atoms with Crippen molar-refractivity contribution in [2.75, 3.05) is 25.4 Å². The lowest BCUT2D eigenvalue weighted by Gasteiger charge is -2.28. The fraction of sp³-hybridized carbons (Fsp3) is 1.00. The highest BCUT2D eigenvalue weighted by Gasteiger charge is 2.21. The third-order valence-corrected chi connectivity index (χ3v) is 3.13. The lowest BCUT2D eigenvalue weighted by Crippen LogP contribution is -2.33. The van der Waals surface area contributed by atoms with Gasteiger partial charge in [-0.2, -0.15) is 12.6 Å². The van der Waals surface area contributed by atoms with Crippen LogP contribution in [0.1, 0.15) is 26.7 Å². The van der Waals surface area contributed by atoms with Crippen LogP contribution in [0, 0.1) is 5.41 Å². The molecule has 2 heteroatoms. The molecule has 0 aliphatic carbocycles. The second-order valence-corrected chi connectivity index (χ2v) is 4.62. The van der Waals surface area contributed by atoms with Gasteiger partial charge >= 0.3 is 0 Å². The van der Waals surface area contributed by atoms with Crippen molar-refractivity contribution in [3.05, 3.63) is 0 Å². The lowest BCUT2D eigenvalue weighted by atomic mass is 9.96. The first-order valence-electron chi connectivity index (χ1n) is 4.47. The summed E-state index contributed by atoms with van der Waals surface area (Å²) in [4.78, 5) is 2.55. The molecular formula is C9H19NS. The van der Waals surface area contributed by atoms with E-state index in [9.17, 15) is 0 Å². The fourth-order valence-corrected chi connectivity index (χ4v) is 1.70. The van der Waals surface area contributed by atoms with Crippen molar-refractivity contribution >= 4 is 12.6 Å². The van der Waals surface area contributed by atoms with Gasteiger partial charge in [0.05, 0.1) is 0 Å². The SMILES string of the molecule is CC(C)(CS)CN1CCCC1. The topological polar surface area (TPSA) is 3.24 Å². The normalized spacial score (nSPS) is 21.0. The van der Waals surface area contributed by atoms with Crippen molar-refractivity contribution < 1.29 is 0 Å². The molecule has 1 aliphatic heterocycles. The van der Waals surface area contributed by atoms with Gasteiger partial charge in [-0.25, -0.2) is 0 Å². The Labute approximate surface area is 75.6 Å². The molecule has 0 bridgehead atoms. The van der Waals surface area contributed by atoms with Crippen molar-refractivity contribution in [3.63, 3.8) is 0 Å². The van der Waals surface area contributed by atoms with Crippen molar-refractivity contribution in [3.8, 4) is 0 Å². The Morgan fingerprint density at radius 1 is 1.27 bits per heavy atom. The molecule has 0 N–H and O–H groups in total. The molecule has 0 amide bonds. The Hall–Kier alpha value is 0.310. The third-order valence-electron chi connectivity index (χ3n) is 2.28. The van der Waals surface area contributed by atoms with E-state index in [1.54, 1.807) is 0 Å². The summed E-state index contributed by atoms with van der Waals surface area (Å²) >= 11 is 4.35. The molecule has 0 atom stereocenters. The number of likely N-dealkylation sites (tertiary alicyclic amines) is 1. The standard InChI is InChI=1S/C9H19NS/c1-9(2,8-11)7-10-5-3-4-6-10/h11H,3-8H2,1-2H3. The molecular weight excluding hydrogens is 154 g/mol. The smallest absolute Gasteiger partial charge is 0.00405 e. The quantitative estimate of drug-likeness (QED) is 0.639. The van der Waals surface area contributed by atoms with Crippen LogP contribution in [0.15, 0.2) is 0 Å². The largest absolute Gasteiger partial charge is 0.303 e. The number of rotatable bonds is 3. The van der Waals surface area contributed by atoms with E-state index < -0.39 is 0 Å². The molecule has 0 aromatic heterocycles. The Morgan fingerprint density at radius 2 is 1.82 bits per heavy atom. The Bertz CT molecular complexity index is 117. The fourth-order valence-electron chi connectivity index (χ4n) is 1.60. The first-order valence-corrected chi connectivity index (χ1v) is 5.10. The van der Waals surface area contributed by atoms with E-state index in [1.807, 2.05) is 0 Å². The minimum atomic E-state index is 0.396. The van der Waals surface area contributed by atoms with Gasteiger partial charge in [0.25, 0.3) is 0 Å². The second kappa shape index (κ2) is 3.81. The monoisotopic (exact) mass is 173 g/mol. The summed E-state index contributed by atoms with van der Waals surface area (Å²) in [5, 5.41) is 0. The molecule has 11 heavy (non-hydrogen) atoms. The van der Waals surface area contributed by atoms with Crippen LogP contribution in [0.2, 0.25) is 0 Å². The molecule has 0 spiro atoms. The van der Waals surface area contributed by atoms with Crippen LogP contribution in [-0.2, 0) is 0 Å². The van der Waals surface area contributed by atoms with Gasteiger partial charge in [-0.05, 0) is 37.1 Å². The lowest BCUT2D eigenvalue weighted by molar-refractivity contribution is 0.232. The maximum Gasteiger partial charge on any atom is 0.00405 e. The molecule has 0 aromatic rings. The molecule has 1 nitrogen and oxygen atoms in total. The predicted molar refractivity (Wildman–Crippen MR) is 53.3 cm³/mol. The van der Waals surface area contributed by atoms with E-state index >= 15 is 0 Å². The molecule has 0 saturated carbocycles. The summed E-state index contributed by atoms with van der Waals surface area (Å²) in [6.45, 7) is 8.40. The average Bonchev–Trinajstić information content (AvgIpc) is 2.39. The van der Waals surface area contributed by atoms with E-state index in [2.05, 4.69) is 31.4 Å². The van der Waals surface area contributed by atoms with Gasteiger partial charge in [-0.3, -0.25) is 0 Å². The summed E-state index contributed by atoms with van der Waals surface area (Å²) < 4.78 is 0. The molecule has 1 rings (SSSR count). The zero-order valence-corrected chi connectivity index (χ0v) is 8.53. The van der Waals surface area contributed by atoms with Gasteiger partial charge in [0.1, 0.15) is 0 Å². The van der Waals surface area contributed by atoms with E-state index in [1.165, 1.54) is 32.5 Å². The summed E-state index contributed by atoms with van der Waals surface area (Å²) in [7, 11) is 0. The van der Waals surface area contributed by atoms with Crippen molar-refractivity contribution in [2.45, 2.75) is 26.7 Å². The van der Waals surface area contributed by atoms with Gasteiger partial charge in [-0.15, -0.1) is 0 Å². The average molecular weight is 173 g/mol. The van der Waals surface area contributed by atoms with Gasteiger partial charge < -0.3 is 4.90 Å². The summed E-state index contributed by atoms with van der Waals surface area (Å²) in [6.07, 6.45) is 2.78. The van der Waals surface area contributed by atoms with E-state index in [0.717, 1.165) is 5.75 Å². The molecule has 1 fully saturated rings. The number of hydrogen-bond donors (Lipinski definition) is 1. The van der Waals surface area contributed by atoms with Crippen LogP contribution in [0.4, 0.5) is 0 Å². The van der Waals surface area contributed by atoms with Crippen LogP contribution in [-0.4, -0.2) is 30.3 Å². The Kier molecular flexibility index (Phi) is 3.26. The summed E-state index contributed by atoms with van der Waals surface area (Å²) in [5.41, 5.74) is 0.396. The minimum Gasteiger partial charge on any atom is -0.303 e. The molecule has 66 valence electrons. The van der Waals surface area contributed by atoms with Crippen LogP contribution in [0.3, 0.4) is 0 Å². The highest BCUT2D eigenvalue weighted by molar-refractivity contribution is 7.80. The zero-order chi connectivity index (χ0) is 8.32. The van der Waals surface area contributed by atoms with Crippen LogP contribution >= 0.6 is 12.6 Å². The molecule has 1 saturated heterocycles. The van der Waals surface area contributed by atoms with E-state index in [0.29, 0.717) is 5.41 Å².